The van der Waals surface area contributed by atoms with E-state index >= 15 is 0 Å². The number of nitrogens with one attached hydrogen (secondary N) is 2. The van der Waals surface area contributed by atoms with Crippen molar-refractivity contribution in [2.24, 2.45) is 0 Å². The molecule has 3 aromatic rings. The van der Waals surface area contributed by atoms with Crippen molar-refractivity contribution < 1.29 is 14.0 Å². The zero-order chi connectivity index (χ0) is 18.0. The highest BCUT2D eigenvalue weighted by Crippen LogP contribution is 2.20. The van der Waals surface area contributed by atoms with E-state index in [2.05, 4.69) is 26.6 Å². The van der Waals surface area contributed by atoms with Gasteiger partial charge in [-0.1, -0.05) is 15.9 Å². The summed E-state index contributed by atoms with van der Waals surface area (Å²) in [6.07, 6.45) is 0. The Morgan fingerprint density at radius 1 is 0.960 bits per heavy atom. The number of hydrogen-bond acceptors (Lipinski definition) is 4. The lowest BCUT2D eigenvalue weighted by Gasteiger charge is -2.07. The molecule has 7 heteroatoms. The molecule has 0 fully saturated rings. The lowest BCUT2D eigenvalue weighted by atomic mass is 10.1. The topological polar surface area (TPSA) is 88.4 Å². The molecule has 6 nitrogen and oxygen atoms in total. The van der Waals surface area contributed by atoms with Crippen LogP contribution in [0.2, 0.25) is 0 Å². The second-order valence-electron chi connectivity index (χ2n) is 5.34. The standard InChI is InChI=1S/C18H13BrN2O4/c1-10(22)20-13-3-5-14(6-4-13)21-17(23)15-9-11-8-12(19)2-7-16(11)25-18(15)24/h2-9H,1H3,(H,20,22)(H,21,23). The summed E-state index contributed by atoms with van der Waals surface area (Å²) in [7, 11) is 0. The molecule has 0 saturated heterocycles. The van der Waals surface area contributed by atoms with Crippen molar-refractivity contribution >= 4 is 50.1 Å². The normalized spacial score (nSPS) is 10.5. The molecule has 0 bridgehead atoms. The van der Waals surface area contributed by atoms with Gasteiger partial charge in [0.2, 0.25) is 5.91 Å². The first kappa shape index (κ1) is 16.9. The van der Waals surface area contributed by atoms with Gasteiger partial charge in [-0.25, -0.2) is 4.79 Å². The number of amides is 2. The fraction of sp³-hybridized carbons (Fsp3) is 0.0556. The number of carbonyl (C=O) groups excluding carboxylic acids is 2. The molecular formula is C18H13BrN2O4. The van der Waals surface area contributed by atoms with Crippen molar-refractivity contribution in [3.63, 3.8) is 0 Å². The molecule has 0 aliphatic rings. The van der Waals surface area contributed by atoms with E-state index in [1.165, 1.54) is 13.0 Å². The molecule has 0 aliphatic heterocycles. The second kappa shape index (κ2) is 6.90. The second-order valence-corrected chi connectivity index (χ2v) is 6.26. The van der Waals surface area contributed by atoms with Gasteiger partial charge in [0, 0.05) is 28.2 Å². The van der Waals surface area contributed by atoms with Crippen LogP contribution in [-0.2, 0) is 4.79 Å². The molecule has 2 aromatic carbocycles. The molecule has 2 amide bonds. The Balaban J connectivity index is 1.85. The molecule has 3 rings (SSSR count). The fourth-order valence-electron chi connectivity index (χ4n) is 2.29. The van der Waals surface area contributed by atoms with E-state index in [1.54, 1.807) is 42.5 Å². The zero-order valence-corrected chi connectivity index (χ0v) is 14.7. The van der Waals surface area contributed by atoms with Crippen LogP contribution in [0.3, 0.4) is 0 Å². The van der Waals surface area contributed by atoms with Gasteiger partial charge in [-0.15, -0.1) is 0 Å². The average molecular weight is 401 g/mol. The summed E-state index contributed by atoms with van der Waals surface area (Å²) in [6, 6.07) is 13.2. The van der Waals surface area contributed by atoms with Gasteiger partial charge in [0.25, 0.3) is 5.91 Å². The maximum atomic E-state index is 12.4. The van der Waals surface area contributed by atoms with Crippen molar-refractivity contribution in [3.8, 4) is 0 Å². The maximum Gasteiger partial charge on any atom is 0.349 e. The van der Waals surface area contributed by atoms with Crippen LogP contribution in [0.15, 0.2) is 62.2 Å². The highest BCUT2D eigenvalue weighted by molar-refractivity contribution is 9.10. The van der Waals surface area contributed by atoms with E-state index in [1.807, 2.05) is 0 Å². The first-order valence-electron chi connectivity index (χ1n) is 7.35. The molecule has 0 aliphatic carbocycles. The SMILES string of the molecule is CC(=O)Nc1ccc(NC(=O)c2cc3cc(Br)ccc3oc2=O)cc1. The largest absolute Gasteiger partial charge is 0.422 e. The molecule has 25 heavy (non-hydrogen) atoms. The highest BCUT2D eigenvalue weighted by atomic mass is 79.9. The molecule has 0 radical (unpaired) electrons. The summed E-state index contributed by atoms with van der Waals surface area (Å²) in [5.41, 5.74) is 0.719. The Labute approximate surface area is 151 Å². The lowest BCUT2D eigenvalue weighted by Crippen LogP contribution is -2.20. The van der Waals surface area contributed by atoms with Gasteiger partial charge in [-0.05, 0) is 48.5 Å². The summed E-state index contributed by atoms with van der Waals surface area (Å²) in [5.74, 6) is -0.750. The predicted molar refractivity (Wildman–Crippen MR) is 98.9 cm³/mol. The van der Waals surface area contributed by atoms with Gasteiger partial charge >= 0.3 is 5.63 Å². The zero-order valence-electron chi connectivity index (χ0n) is 13.1. The van der Waals surface area contributed by atoms with Gasteiger partial charge in [0.15, 0.2) is 0 Å². The van der Waals surface area contributed by atoms with Crippen molar-refractivity contribution in [1.29, 1.82) is 0 Å². The predicted octanol–water partition coefficient (Wildman–Crippen LogP) is 3.77. The van der Waals surface area contributed by atoms with Crippen LogP contribution in [0.1, 0.15) is 17.3 Å². The van der Waals surface area contributed by atoms with E-state index in [-0.39, 0.29) is 11.5 Å². The number of rotatable bonds is 3. The molecule has 0 unspecified atom stereocenters. The number of anilines is 2. The number of halogens is 1. The van der Waals surface area contributed by atoms with Crippen LogP contribution in [0.4, 0.5) is 11.4 Å². The molecule has 0 atom stereocenters. The van der Waals surface area contributed by atoms with E-state index in [0.717, 1.165) is 4.47 Å². The van der Waals surface area contributed by atoms with Crippen LogP contribution in [0, 0.1) is 0 Å². The Morgan fingerprint density at radius 2 is 1.60 bits per heavy atom. The third-order valence-corrected chi connectivity index (χ3v) is 3.90. The third-order valence-electron chi connectivity index (χ3n) is 3.40. The monoisotopic (exact) mass is 400 g/mol. The van der Waals surface area contributed by atoms with E-state index in [0.29, 0.717) is 22.3 Å². The Kier molecular flexibility index (Phi) is 4.67. The molecule has 0 spiro atoms. The van der Waals surface area contributed by atoms with Crippen LogP contribution >= 0.6 is 15.9 Å². The van der Waals surface area contributed by atoms with Crippen LogP contribution in [0.5, 0.6) is 0 Å². The lowest BCUT2D eigenvalue weighted by molar-refractivity contribution is -0.114. The Morgan fingerprint density at radius 3 is 2.24 bits per heavy atom. The molecule has 0 saturated carbocycles. The van der Waals surface area contributed by atoms with Gasteiger partial charge < -0.3 is 15.1 Å². The minimum absolute atomic E-state index is 0.0865. The van der Waals surface area contributed by atoms with E-state index in [9.17, 15) is 14.4 Å². The summed E-state index contributed by atoms with van der Waals surface area (Å²) in [6.45, 7) is 1.41. The van der Waals surface area contributed by atoms with Gasteiger partial charge in [0.1, 0.15) is 11.1 Å². The summed E-state index contributed by atoms with van der Waals surface area (Å²) < 4.78 is 6.00. The van der Waals surface area contributed by atoms with Gasteiger partial charge in [0.05, 0.1) is 0 Å². The number of hydrogen-bond donors (Lipinski definition) is 2. The maximum absolute atomic E-state index is 12.4. The molecule has 1 aromatic heterocycles. The minimum atomic E-state index is -0.706. The average Bonchev–Trinajstić information content (AvgIpc) is 2.56. The third kappa shape index (κ3) is 3.95. The van der Waals surface area contributed by atoms with Gasteiger partial charge in [-0.2, -0.15) is 0 Å². The number of carbonyl (C=O) groups is 2. The molecule has 2 N–H and O–H groups in total. The Hall–Kier alpha value is -2.93. The molecule has 126 valence electrons. The smallest absolute Gasteiger partial charge is 0.349 e. The van der Waals surface area contributed by atoms with Crippen molar-refractivity contribution in [2.45, 2.75) is 6.92 Å². The summed E-state index contributed by atoms with van der Waals surface area (Å²) in [5, 5.41) is 5.90. The summed E-state index contributed by atoms with van der Waals surface area (Å²) in [4.78, 5) is 35.4. The van der Waals surface area contributed by atoms with Crippen LogP contribution in [0.25, 0.3) is 11.0 Å². The minimum Gasteiger partial charge on any atom is -0.422 e. The van der Waals surface area contributed by atoms with Crippen molar-refractivity contribution in [3.05, 3.63) is 69.0 Å². The first-order chi connectivity index (χ1) is 11.9. The molecular weight excluding hydrogens is 388 g/mol. The van der Waals surface area contributed by atoms with E-state index in [4.69, 9.17) is 4.42 Å². The highest BCUT2D eigenvalue weighted by Gasteiger charge is 2.14. The number of fused-ring (bicyclic) bond motifs is 1. The number of benzene rings is 2. The quantitative estimate of drug-likeness (QED) is 0.654. The first-order valence-corrected chi connectivity index (χ1v) is 8.14. The van der Waals surface area contributed by atoms with E-state index < -0.39 is 11.5 Å². The fourth-order valence-corrected chi connectivity index (χ4v) is 2.67. The van der Waals surface area contributed by atoms with Gasteiger partial charge in [-0.3, -0.25) is 9.59 Å². The Bertz CT molecular complexity index is 1030. The van der Waals surface area contributed by atoms with Crippen LogP contribution < -0.4 is 16.3 Å². The summed E-state index contributed by atoms with van der Waals surface area (Å²) >= 11 is 3.34. The van der Waals surface area contributed by atoms with Crippen molar-refractivity contribution in [2.75, 3.05) is 10.6 Å². The molecule has 1 heterocycles. The van der Waals surface area contributed by atoms with Crippen molar-refractivity contribution in [1.82, 2.24) is 0 Å². The van der Waals surface area contributed by atoms with Crippen LogP contribution in [-0.4, -0.2) is 11.8 Å².